The molecule has 1 atom stereocenters. The SMILES string of the molecule is N#Cc1ccc(Br)cc1NCC(O)COCc1ccco1. The van der Waals surface area contributed by atoms with Crippen LogP contribution in [0.1, 0.15) is 11.3 Å². The van der Waals surface area contributed by atoms with Gasteiger partial charge in [0, 0.05) is 11.0 Å². The maximum Gasteiger partial charge on any atom is 0.129 e. The molecule has 2 aromatic rings. The van der Waals surface area contributed by atoms with E-state index in [9.17, 15) is 5.11 Å². The summed E-state index contributed by atoms with van der Waals surface area (Å²) in [6.45, 7) is 0.803. The molecule has 21 heavy (non-hydrogen) atoms. The molecule has 6 heteroatoms. The smallest absolute Gasteiger partial charge is 0.129 e. The van der Waals surface area contributed by atoms with E-state index >= 15 is 0 Å². The fourth-order valence-electron chi connectivity index (χ4n) is 1.74. The van der Waals surface area contributed by atoms with Crippen molar-refractivity contribution in [2.24, 2.45) is 0 Å². The van der Waals surface area contributed by atoms with Gasteiger partial charge in [0.05, 0.1) is 30.2 Å². The van der Waals surface area contributed by atoms with Crippen LogP contribution in [0.15, 0.2) is 45.5 Å². The Balaban J connectivity index is 1.77. The Kier molecular flexibility index (Phi) is 5.81. The summed E-state index contributed by atoms with van der Waals surface area (Å²) < 4.78 is 11.3. The molecule has 1 aromatic heterocycles. The van der Waals surface area contributed by atoms with Crippen LogP contribution in [-0.4, -0.2) is 24.4 Å². The van der Waals surface area contributed by atoms with E-state index in [0.29, 0.717) is 30.2 Å². The minimum absolute atomic E-state index is 0.184. The van der Waals surface area contributed by atoms with E-state index in [1.807, 2.05) is 6.07 Å². The van der Waals surface area contributed by atoms with Gasteiger partial charge in [-0.2, -0.15) is 5.26 Å². The second-order valence-electron chi connectivity index (χ2n) is 4.43. The minimum atomic E-state index is -0.675. The lowest BCUT2D eigenvalue weighted by Crippen LogP contribution is -2.25. The number of nitrogens with one attached hydrogen (secondary N) is 1. The number of hydrogen-bond donors (Lipinski definition) is 2. The first-order chi connectivity index (χ1) is 10.2. The Morgan fingerprint density at radius 1 is 1.43 bits per heavy atom. The van der Waals surface area contributed by atoms with E-state index in [-0.39, 0.29) is 6.61 Å². The molecule has 1 unspecified atom stereocenters. The maximum absolute atomic E-state index is 9.86. The number of furan rings is 1. The second kappa shape index (κ2) is 7.84. The van der Waals surface area contributed by atoms with Crippen LogP contribution in [0.2, 0.25) is 0 Å². The van der Waals surface area contributed by atoms with Gasteiger partial charge in [0.1, 0.15) is 18.4 Å². The molecule has 0 saturated heterocycles. The first kappa shape index (κ1) is 15.6. The molecule has 0 radical (unpaired) electrons. The van der Waals surface area contributed by atoms with Crippen molar-refractivity contribution in [3.63, 3.8) is 0 Å². The van der Waals surface area contributed by atoms with Crippen molar-refractivity contribution in [1.29, 1.82) is 5.26 Å². The summed E-state index contributed by atoms with van der Waals surface area (Å²) >= 11 is 3.35. The lowest BCUT2D eigenvalue weighted by molar-refractivity contribution is 0.0282. The molecule has 1 heterocycles. The predicted octanol–water partition coefficient (Wildman–Crippen LogP) is 2.90. The fraction of sp³-hybridized carbons (Fsp3) is 0.267. The number of halogens is 1. The lowest BCUT2D eigenvalue weighted by Gasteiger charge is -2.14. The molecule has 2 N–H and O–H groups in total. The highest BCUT2D eigenvalue weighted by Gasteiger charge is 2.08. The van der Waals surface area contributed by atoms with Crippen LogP contribution < -0.4 is 5.32 Å². The van der Waals surface area contributed by atoms with Gasteiger partial charge < -0.3 is 19.6 Å². The third-order valence-electron chi connectivity index (χ3n) is 2.76. The van der Waals surface area contributed by atoms with Gasteiger partial charge in [0.15, 0.2) is 0 Å². The number of nitrogens with zero attached hydrogens (tertiary/aromatic N) is 1. The van der Waals surface area contributed by atoms with Crippen molar-refractivity contribution in [3.05, 3.63) is 52.4 Å². The summed E-state index contributed by atoms with van der Waals surface area (Å²) in [5, 5.41) is 21.9. The molecule has 5 nitrogen and oxygen atoms in total. The van der Waals surface area contributed by atoms with Crippen molar-refractivity contribution >= 4 is 21.6 Å². The van der Waals surface area contributed by atoms with Gasteiger partial charge in [-0.25, -0.2) is 0 Å². The number of benzene rings is 1. The van der Waals surface area contributed by atoms with Crippen LogP contribution in [0.5, 0.6) is 0 Å². The quantitative estimate of drug-likeness (QED) is 0.802. The highest BCUT2D eigenvalue weighted by molar-refractivity contribution is 9.10. The minimum Gasteiger partial charge on any atom is -0.467 e. The van der Waals surface area contributed by atoms with E-state index in [0.717, 1.165) is 4.47 Å². The Morgan fingerprint density at radius 3 is 3.00 bits per heavy atom. The van der Waals surface area contributed by atoms with E-state index in [4.69, 9.17) is 14.4 Å². The summed E-state index contributed by atoms with van der Waals surface area (Å²) in [5.74, 6) is 0.717. The topological polar surface area (TPSA) is 78.4 Å². The molecule has 0 saturated carbocycles. The van der Waals surface area contributed by atoms with Gasteiger partial charge in [0.2, 0.25) is 0 Å². The van der Waals surface area contributed by atoms with Gasteiger partial charge in [-0.3, -0.25) is 0 Å². The average molecular weight is 351 g/mol. The van der Waals surface area contributed by atoms with Crippen LogP contribution in [0.25, 0.3) is 0 Å². The van der Waals surface area contributed by atoms with E-state index in [1.165, 1.54) is 0 Å². The Morgan fingerprint density at radius 2 is 2.29 bits per heavy atom. The third kappa shape index (κ3) is 4.90. The Bertz CT molecular complexity index is 608. The number of anilines is 1. The van der Waals surface area contributed by atoms with Crippen LogP contribution in [0.4, 0.5) is 5.69 Å². The molecular weight excluding hydrogens is 336 g/mol. The average Bonchev–Trinajstić information content (AvgIpc) is 2.98. The van der Waals surface area contributed by atoms with E-state index in [1.54, 1.807) is 30.5 Å². The molecule has 2 rings (SSSR count). The zero-order valence-electron chi connectivity index (χ0n) is 11.3. The second-order valence-corrected chi connectivity index (χ2v) is 5.35. The highest BCUT2D eigenvalue weighted by Crippen LogP contribution is 2.20. The van der Waals surface area contributed by atoms with Crippen LogP contribution in [-0.2, 0) is 11.3 Å². The zero-order valence-corrected chi connectivity index (χ0v) is 12.8. The van der Waals surface area contributed by atoms with Crippen LogP contribution in [0.3, 0.4) is 0 Å². The van der Waals surface area contributed by atoms with Crippen molar-refractivity contribution in [2.45, 2.75) is 12.7 Å². The molecular formula is C15H15BrN2O3. The monoisotopic (exact) mass is 350 g/mol. The number of aliphatic hydroxyl groups excluding tert-OH is 1. The predicted molar refractivity (Wildman–Crippen MR) is 81.7 cm³/mol. The van der Waals surface area contributed by atoms with Gasteiger partial charge in [-0.15, -0.1) is 0 Å². The van der Waals surface area contributed by atoms with Gasteiger partial charge in [-0.1, -0.05) is 15.9 Å². The van der Waals surface area contributed by atoms with Crippen molar-refractivity contribution < 1.29 is 14.3 Å². The first-order valence-electron chi connectivity index (χ1n) is 6.40. The first-order valence-corrected chi connectivity index (χ1v) is 7.20. The van der Waals surface area contributed by atoms with Crippen LogP contribution >= 0.6 is 15.9 Å². The molecule has 0 bridgehead atoms. The third-order valence-corrected chi connectivity index (χ3v) is 3.26. The number of aliphatic hydroxyl groups is 1. The number of hydrogen-bond acceptors (Lipinski definition) is 5. The van der Waals surface area contributed by atoms with Crippen molar-refractivity contribution in [3.8, 4) is 6.07 Å². The van der Waals surface area contributed by atoms with Crippen LogP contribution in [0, 0.1) is 11.3 Å². The molecule has 0 fully saturated rings. The largest absolute Gasteiger partial charge is 0.467 e. The molecule has 0 aliphatic carbocycles. The normalized spacial score (nSPS) is 11.9. The van der Waals surface area contributed by atoms with Gasteiger partial charge in [0.25, 0.3) is 0 Å². The number of ether oxygens (including phenoxy) is 1. The molecule has 0 aliphatic rings. The number of rotatable bonds is 7. The fourth-order valence-corrected chi connectivity index (χ4v) is 2.10. The molecule has 0 aliphatic heterocycles. The van der Waals surface area contributed by atoms with Gasteiger partial charge >= 0.3 is 0 Å². The molecule has 1 aromatic carbocycles. The van der Waals surface area contributed by atoms with Crippen molar-refractivity contribution in [1.82, 2.24) is 0 Å². The van der Waals surface area contributed by atoms with Crippen molar-refractivity contribution in [2.75, 3.05) is 18.5 Å². The molecule has 110 valence electrons. The standard InChI is InChI=1S/C15H15BrN2O3/c16-12-4-3-11(7-17)15(6-12)18-8-13(19)9-20-10-14-2-1-5-21-14/h1-6,13,18-19H,8-10H2. The summed E-state index contributed by atoms with van der Waals surface area (Å²) in [5.41, 5.74) is 1.21. The van der Waals surface area contributed by atoms with E-state index in [2.05, 4.69) is 27.3 Å². The maximum atomic E-state index is 9.86. The Labute approximate surface area is 131 Å². The summed E-state index contributed by atoms with van der Waals surface area (Å²) in [7, 11) is 0. The highest BCUT2D eigenvalue weighted by atomic mass is 79.9. The molecule has 0 amide bonds. The van der Waals surface area contributed by atoms with Gasteiger partial charge in [-0.05, 0) is 30.3 Å². The lowest BCUT2D eigenvalue weighted by atomic mass is 10.2. The summed E-state index contributed by atoms with van der Waals surface area (Å²) in [4.78, 5) is 0. The molecule has 0 spiro atoms. The Hall–Kier alpha value is -1.81. The zero-order chi connectivity index (χ0) is 15.1. The summed E-state index contributed by atoms with van der Waals surface area (Å²) in [6, 6.07) is 11.0. The summed E-state index contributed by atoms with van der Waals surface area (Å²) in [6.07, 6.45) is 0.901. The van der Waals surface area contributed by atoms with E-state index < -0.39 is 6.10 Å². The number of nitriles is 1.